The fourth-order valence-electron chi connectivity index (χ4n) is 3.28. The van der Waals surface area contributed by atoms with E-state index < -0.39 is 15.6 Å². The molecule has 4 rings (SSSR count). The number of halogens is 2. The quantitative estimate of drug-likeness (QED) is 0.650. The summed E-state index contributed by atoms with van der Waals surface area (Å²) in [5, 5.41) is 4.23. The lowest BCUT2D eigenvalue weighted by atomic mass is 10.2. The van der Waals surface area contributed by atoms with Gasteiger partial charge < -0.3 is 9.80 Å². The number of sulfone groups is 1. The first kappa shape index (κ1) is 18.5. The Hall–Kier alpha value is -2.82. The minimum Gasteiger partial charge on any atom is -0.368 e. The zero-order valence-corrected chi connectivity index (χ0v) is 15.9. The highest BCUT2D eigenvalue weighted by molar-refractivity contribution is 7.91. The molecule has 0 radical (unpaired) electrons. The van der Waals surface area contributed by atoms with Gasteiger partial charge in [0, 0.05) is 43.6 Å². The molecule has 1 aliphatic rings. The molecule has 8 nitrogen and oxygen atoms in total. The Labute approximate surface area is 160 Å². The average molecular weight is 408 g/mol. The predicted octanol–water partition coefficient (Wildman–Crippen LogP) is 1.76. The summed E-state index contributed by atoms with van der Waals surface area (Å²) >= 11 is 0. The van der Waals surface area contributed by atoms with E-state index in [2.05, 4.69) is 24.9 Å². The van der Waals surface area contributed by atoms with Crippen molar-refractivity contribution in [2.24, 2.45) is 0 Å². The summed E-state index contributed by atoms with van der Waals surface area (Å²) in [5.41, 5.74) is 1.65. The molecule has 1 aliphatic heterocycles. The normalized spacial score (nSPS) is 15.6. The minimum absolute atomic E-state index is 0.370. The van der Waals surface area contributed by atoms with Gasteiger partial charge in [-0.2, -0.15) is 23.4 Å². The topological polar surface area (TPSA) is 83.7 Å². The van der Waals surface area contributed by atoms with Crippen molar-refractivity contribution in [1.82, 2.24) is 19.6 Å². The van der Waals surface area contributed by atoms with E-state index in [0.717, 1.165) is 30.3 Å². The van der Waals surface area contributed by atoms with Crippen LogP contribution in [0.4, 0.5) is 20.3 Å². The fraction of sp³-hybridized carbons (Fsp3) is 0.353. The second-order valence-electron chi connectivity index (χ2n) is 6.50. The molecule has 0 N–H and O–H groups in total. The molecule has 148 valence electrons. The summed E-state index contributed by atoms with van der Waals surface area (Å²) in [4.78, 5) is 12.4. The number of alkyl halides is 2. The molecule has 3 aromatic rings. The molecule has 2 aromatic heterocycles. The molecule has 1 saturated heterocycles. The molecule has 3 heterocycles. The van der Waals surface area contributed by atoms with Crippen LogP contribution in [0.15, 0.2) is 41.6 Å². The van der Waals surface area contributed by atoms with Gasteiger partial charge in [0.25, 0.3) is 5.78 Å². The average Bonchev–Trinajstić information content (AvgIpc) is 3.16. The lowest BCUT2D eigenvalue weighted by Crippen LogP contribution is -2.47. The van der Waals surface area contributed by atoms with Crippen molar-refractivity contribution in [2.45, 2.75) is 17.6 Å². The Morgan fingerprint density at radius 3 is 2.32 bits per heavy atom. The summed E-state index contributed by atoms with van der Waals surface area (Å²) in [7, 11) is -4.57. The number of nitrogens with zero attached hydrogens (tertiary/aromatic N) is 6. The van der Waals surface area contributed by atoms with Crippen molar-refractivity contribution in [2.75, 3.05) is 36.0 Å². The molecule has 0 bridgehead atoms. The van der Waals surface area contributed by atoms with Crippen molar-refractivity contribution in [3.8, 4) is 0 Å². The second kappa shape index (κ2) is 6.97. The van der Waals surface area contributed by atoms with Gasteiger partial charge in [-0.1, -0.05) is 0 Å². The Bertz CT molecular complexity index is 1090. The highest BCUT2D eigenvalue weighted by Gasteiger charge is 2.27. The van der Waals surface area contributed by atoms with Gasteiger partial charge in [0.15, 0.2) is 0 Å². The lowest BCUT2D eigenvalue weighted by Gasteiger charge is -2.37. The van der Waals surface area contributed by atoms with E-state index >= 15 is 0 Å². The van der Waals surface area contributed by atoms with Crippen LogP contribution >= 0.6 is 0 Å². The van der Waals surface area contributed by atoms with E-state index in [1.54, 1.807) is 16.6 Å². The predicted molar refractivity (Wildman–Crippen MR) is 99.6 cm³/mol. The van der Waals surface area contributed by atoms with Crippen LogP contribution in [-0.2, 0) is 9.84 Å². The molecule has 0 unspecified atom stereocenters. The van der Waals surface area contributed by atoms with Crippen LogP contribution in [0.3, 0.4) is 0 Å². The van der Waals surface area contributed by atoms with Crippen molar-refractivity contribution in [3.63, 3.8) is 0 Å². The number of hydrogen-bond donors (Lipinski definition) is 0. The first-order valence-corrected chi connectivity index (χ1v) is 10.2. The van der Waals surface area contributed by atoms with E-state index in [1.165, 1.54) is 18.5 Å². The lowest BCUT2D eigenvalue weighted by molar-refractivity contribution is 0.234. The monoisotopic (exact) mass is 408 g/mol. The van der Waals surface area contributed by atoms with Crippen LogP contribution < -0.4 is 9.80 Å². The van der Waals surface area contributed by atoms with E-state index in [-0.39, 0.29) is 4.90 Å². The number of rotatable bonds is 4. The molecular formula is C17H18F2N6O2S. The van der Waals surface area contributed by atoms with Crippen molar-refractivity contribution >= 4 is 27.1 Å². The van der Waals surface area contributed by atoms with Crippen LogP contribution in [0.25, 0.3) is 5.78 Å². The molecule has 0 spiro atoms. The van der Waals surface area contributed by atoms with Crippen molar-refractivity contribution in [3.05, 3.63) is 42.4 Å². The van der Waals surface area contributed by atoms with Crippen molar-refractivity contribution < 1.29 is 17.2 Å². The molecule has 28 heavy (non-hydrogen) atoms. The molecule has 1 fully saturated rings. The number of aryl methyl sites for hydroxylation is 1. The standard InChI is InChI=1S/C17H18F2N6O2S/c1-12-10-15(25-17(22-12)20-11-21-25)24-8-6-23(7-9-24)13-2-4-14(5-3-13)28(26,27)16(18)19/h2-5,10-11,16H,6-9H2,1H3. The molecule has 11 heteroatoms. The maximum atomic E-state index is 12.7. The maximum Gasteiger partial charge on any atom is 0.341 e. The van der Waals surface area contributed by atoms with E-state index in [0.29, 0.717) is 18.9 Å². The molecule has 0 saturated carbocycles. The molecule has 1 aromatic carbocycles. The van der Waals surface area contributed by atoms with Gasteiger partial charge in [0.05, 0.1) is 4.90 Å². The van der Waals surface area contributed by atoms with E-state index in [4.69, 9.17) is 0 Å². The maximum absolute atomic E-state index is 12.7. The van der Waals surface area contributed by atoms with Gasteiger partial charge in [-0.05, 0) is 31.2 Å². The van der Waals surface area contributed by atoms with Crippen LogP contribution in [0.2, 0.25) is 0 Å². The summed E-state index contributed by atoms with van der Waals surface area (Å²) in [5.74, 6) is -1.95. The van der Waals surface area contributed by atoms with Gasteiger partial charge in [-0.3, -0.25) is 0 Å². The second-order valence-corrected chi connectivity index (χ2v) is 8.42. The van der Waals surface area contributed by atoms with E-state index in [1.807, 2.05) is 13.0 Å². The van der Waals surface area contributed by atoms with Crippen LogP contribution in [0.5, 0.6) is 0 Å². The number of hydrogen-bond acceptors (Lipinski definition) is 7. The summed E-state index contributed by atoms with van der Waals surface area (Å²) < 4.78 is 50.1. The fourth-order valence-corrected chi connectivity index (χ4v) is 4.00. The summed E-state index contributed by atoms with van der Waals surface area (Å²) in [6.45, 7) is 4.73. The smallest absolute Gasteiger partial charge is 0.341 e. The number of fused-ring (bicyclic) bond motifs is 1. The Morgan fingerprint density at radius 1 is 1.04 bits per heavy atom. The third-order valence-corrected chi connectivity index (χ3v) is 6.13. The van der Waals surface area contributed by atoms with Gasteiger partial charge in [0.1, 0.15) is 12.1 Å². The van der Waals surface area contributed by atoms with Gasteiger partial charge in [-0.15, -0.1) is 0 Å². The first-order chi connectivity index (χ1) is 13.4. The number of aromatic nitrogens is 4. The molecule has 0 aliphatic carbocycles. The first-order valence-electron chi connectivity index (χ1n) is 8.65. The number of piperazine rings is 1. The molecular weight excluding hydrogens is 390 g/mol. The summed E-state index contributed by atoms with van der Waals surface area (Å²) in [6.07, 6.45) is 1.47. The highest BCUT2D eigenvalue weighted by Crippen LogP contribution is 2.24. The Kier molecular flexibility index (Phi) is 4.61. The number of benzene rings is 1. The third kappa shape index (κ3) is 3.26. The van der Waals surface area contributed by atoms with Gasteiger partial charge >= 0.3 is 5.76 Å². The van der Waals surface area contributed by atoms with Crippen molar-refractivity contribution in [1.29, 1.82) is 0 Å². The highest BCUT2D eigenvalue weighted by atomic mass is 32.2. The van der Waals surface area contributed by atoms with Crippen LogP contribution in [-0.4, -0.2) is 59.9 Å². The third-order valence-electron chi connectivity index (χ3n) is 4.73. The Balaban J connectivity index is 1.49. The van der Waals surface area contributed by atoms with Gasteiger partial charge in [-0.25, -0.2) is 13.4 Å². The molecule has 0 amide bonds. The van der Waals surface area contributed by atoms with Gasteiger partial charge in [0.2, 0.25) is 9.84 Å². The van der Waals surface area contributed by atoms with E-state index in [9.17, 15) is 17.2 Å². The van der Waals surface area contributed by atoms with Crippen LogP contribution in [0.1, 0.15) is 5.69 Å². The Morgan fingerprint density at radius 2 is 1.68 bits per heavy atom. The SMILES string of the molecule is Cc1cc(N2CCN(c3ccc(S(=O)(=O)C(F)F)cc3)CC2)n2ncnc2n1. The minimum atomic E-state index is -4.57. The zero-order valence-electron chi connectivity index (χ0n) is 15.0. The van der Waals surface area contributed by atoms with Crippen LogP contribution in [0, 0.1) is 6.92 Å². The summed E-state index contributed by atoms with van der Waals surface area (Å²) in [6, 6.07) is 7.55. The molecule has 0 atom stereocenters. The zero-order chi connectivity index (χ0) is 19.9. The largest absolute Gasteiger partial charge is 0.368 e. The number of anilines is 2.